The summed E-state index contributed by atoms with van der Waals surface area (Å²) in [6, 6.07) is 0. The van der Waals surface area contributed by atoms with E-state index >= 15 is 0 Å². The molecule has 0 aromatic heterocycles. The van der Waals surface area contributed by atoms with Crippen LogP contribution in [0.3, 0.4) is 0 Å². The van der Waals surface area contributed by atoms with Crippen LogP contribution in [0.15, 0.2) is 29.0 Å². The fourth-order valence-electron chi connectivity index (χ4n) is 7.75. The monoisotopic (exact) mass is 340 g/mol. The highest BCUT2D eigenvalue weighted by atomic mass is 16.3. The summed E-state index contributed by atoms with van der Waals surface area (Å²) >= 11 is 0. The Morgan fingerprint density at radius 3 is 2.68 bits per heavy atom. The molecule has 7 atom stereocenters. The first kappa shape index (κ1) is 17.6. The summed E-state index contributed by atoms with van der Waals surface area (Å²) in [7, 11) is 0. The maximum atomic E-state index is 10.1. The lowest BCUT2D eigenvalue weighted by molar-refractivity contribution is -0.0507. The third-order valence-corrected chi connectivity index (χ3v) is 8.98. The van der Waals surface area contributed by atoms with Crippen molar-refractivity contribution in [1.82, 2.24) is 0 Å². The van der Waals surface area contributed by atoms with Gasteiger partial charge in [-0.2, -0.15) is 0 Å². The molecule has 1 heteroatoms. The summed E-state index contributed by atoms with van der Waals surface area (Å²) in [5, 5.41) is 10.1. The average Bonchev–Trinajstić information content (AvgIpc) is 2.93. The van der Waals surface area contributed by atoms with Crippen LogP contribution in [0, 0.1) is 34.5 Å². The molecule has 0 aromatic carbocycles. The number of fused-ring (bicyclic) bond motifs is 5. The van der Waals surface area contributed by atoms with Gasteiger partial charge in [0.2, 0.25) is 0 Å². The number of hydrogen-bond acceptors (Lipinski definition) is 1. The first-order valence-electron chi connectivity index (χ1n) is 10.7. The fraction of sp³-hybridized carbons (Fsp3) is 0.792. The highest BCUT2D eigenvalue weighted by Gasteiger charge is 2.58. The van der Waals surface area contributed by atoms with Crippen LogP contribution in [0.4, 0.5) is 0 Å². The SMILES string of the molecule is CC=C=C(C)C1CCC2C3CCC4=CC(O)CC[C@]4(C)C3CC[C@]12C. The molecule has 0 radical (unpaired) electrons. The predicted molar refractivity (Wildman–Crippen MR) is 104 cm³/mol. The lowest BCUT2D eigenvalue weighted by atomic mass is 9.46. The van der Waals surface area contributed by atoms with Crippen LogP contribution in [0.2, 0.25) is 0 Å². The molecule has 0 amide bonds. The van der Waals surface area contributed by atoms with Crippen LogP contribution in [-0.4, -0.2) is 11.2 Å². The molecule has 25 heavy (non-hydrogen) atoms. The van der Waals surface area contributed by atoms with E-state index in [1.807, 2.05) is 0 Å². The van der Waals surface area contributed by atoms with Gasteiger partial charge < -0.3 is 5.11 Å². The van der Waals surface area contributed by atoms with E-state index < -0.39 is 0 Å². The van der Waals surface area contributed by atoms with E-state index in [-0.39, 0.29) is 6.10 Å². The zero-order valence-corrected chi connectivity index (χ0v) is 16.6. The summed E-state index contributed by atoms with van der Waals surface area (Å²) in [5.41, 5.74) is 7.48. The average molecular weight is 341 g/mol. The second-order valence-corrected chi connectivity index (χ2v) is 9.92. The standard InChI is InChI=1S/C24H36O/c1-5-6-16(2)20-9-10-21-19-8-7-17-15-18(25)11-13-23(17,3)22(19)12-14-24(20,21)4/h5,15,18-22,25H,7-14H2,1-4H3/t6?,18?,19?,20?,21?,22?,23-,24+/m0/s1. The third-order valence-electron chi connectivity index (χ3n) is 8.98. The van der Waals surface area contributed by atoms with Crippen molar-refractivity contribution in [1.29, 1.82) is 0 Å². The molecule has 1 N–H and O–H groups in total. The summed E-state index contributed by atoms with van der Waals surface area (Å²) in [6.07, 6.45) is 14.5. The molecule has 138 valence electrons. The van der Waals surface area contributed by atoms with Crippen LogP contribution in [-0.2, 0) is 0 Å². The summed E-state index contributed by atoms with van der Waals surface area (Å²) in [5.74, 6) is 3.39. The molecule has 0 bridgehead atoms. The Hall–Kier alpha value is -0.780. The highest BCUT2D eigenvalue weighted by Crippen LogP contribution is 2.67. The van der Waals surface area contributed by atoms with Gasteiger partial charge in [-0.05, 0) is 111 Å². The van der Waals surface area contributed by atoms with Crippen LogP contribution in [0.25, 0.3) is 0 Å². The Balaban J connectivity index is 1.65. The van der Waals surface area contributed by atoms with E-state index in [0.717, 1.165) is 30.1 Å². The number of aliphatic hydroxyl groups excluding tert-OH is 1. The molecule has 3 saturated carbocycles. The van der Waals surface area contributed by atoms with Crippen LogP contribution in [0.5, 0.6) is 0 Å². The van der Waals surface area contributed by atoms with Crippen molar-refractivity contribution in [3.63, 3.8) is 0 Å². The Morgan fingerprint density at radius 2 is 1.92 bits per heavy atom. The molecule has 0 aliphatic heterocycles. The molecule has 4 aliphatic carbocycles. The Labute approximate surface area is 154 Å². The molecule has 0 heterocycles. The van der Waals surface area contributed by atoms with Gasteiger partial charge in [0.15, 0.2) is 0 Å². The summed E-state index contributed by atoms with van der Waals surface area (Å²) in [4.78, 5) is 0. The lowest BCUT2D eigenvalue weighted by Gasteiger charge is -2.58. The molecular formula is C24H36O. The van der Waals surface area contributed by atoms with Crippen LogP contribution >= 0.6 is 0 Å². The molecule has 4 rings (SSSR count). The van der Waals surface area contributed by atoms with Gasteiger partial charge in [-0.15, -0.1) is 5.73 Å². The minimum Gasteiger partial charge on any atom is -0.389 e. The number of rotatable bonds is 1. The third kappa shape index (κ3) is 2.54. The van der Waals surface area contributed by atoms with Crippen molar-refractivity contribution in [2.24, 2.45) is 34.5 Å². The number of allylic oxidation sites excluding steroid dienone is 2. The van der Waals surface area contributed by atoms with E-state index in [1.165, 1.54) is 50.5 Å². The van der Waals surface area contributed by atoms with Crippen molar-refractivity contribution >= 4 is 0 Å². The Morgan fingerprint density at radius 1 is 1.12 bits per heavy atom. The minimum atomic E-state index is -0.182. The van der Waals surface area contributed by atoms with Crippen molar-refractivity contribution in [2.45, 2.75) is 85.2 Å². The van der Waals surface area contributed by atoms with Gasteiger partial charge in [-0.3, -0.25) is 0 Å². The van der Waals surface area contributed by atoms with Gasteiger partial charge in [-0.1, -0.05) is 25.5 Å². The normalized spacial score (nSPS) is 48.5. The number of hydrogen-bond donors (Lipinski definition) is 1. The second kappa shape index (κ2) is 6.14. The second-order valence-electron chi connectivity index (χ2n) is 9.92. The van der Waals surface area contributed by atoms with Gasteiger partial charge in [0.1, 0.15) is 0 Å². The van der Waals surface area contributed by atoms with Gasteiger partial charge in [0.05, 0.1) is 6.10 Å². The van der Waals surface area contributed by atoms with Gasteiger partial charge in [0.25, 0.3) is 0 Å². The maximum Gasteiger partial charge on any atom is 0.0724 e. The fourth-order valence-corrected chi connectivity index (χ4v) is 7.75. The van der Waals surface area contributed by atoms with E-state index in [1.54, 1.807) is 5.57 Å². The van der Waals surface area contributed by atoms with E-state index in [0.29, 0.717) is 10.8 Å². The quantitative estimate of drug-likeness (QED) is 0.455. The van der Waals surface area contributed by atoms with Crippen LogP contribution < -0.4 is 0 Å². The van der Waals surface area contributed by atoms with E-state index in [9.17, 15) is 5.11 Å². The van der Waals surface area contributed by atoms with Crippen molar-refractivity contribution < 1.29 is 5.11 Å². The minimum absolute atomic E-state index is 0.182. The topological polar surface area (TPSA) is 20.2 Å². The first-order chi connectivity index (χ1) is 11.9. The zero-order chi connectivity index (χ0) is 17.8. The molecule has 3 fully saturated rings. The highest BCUT2D eigenvalue weighted by molar-refractivity contribution is 5.26. The molecule has 1 nitrogen and oxygen atoms in total. The van der Waals surface area contributed by atoms with Crippen molar-refractivity contribution in [3.05, 3.63) is 29.0 Å². The largest absolute Gasteiger partial charge is 0.389 e. The Bertz CT molecular complexity index is 636. The molecule has 0 spiro atoms. The summed E-state index contributed by atoms with van der Waals surface area (Å²) in [6.45, 7) is 9.55. The van der Waals surface area contributed by atoms with Crippen molar-refractivity contribution in [3.8, 4) is 0 Å². The summed E-state index contributed by atoms with van der Waals surface area (Å²) < 4.78 is 0. The smallest absolute Gasteiger partial charge is 0.0724 e. The zero-order valence-electron chi connectivity index (χ0n) is 16.6. The first-order valence-corrected chi connectivity index (χ1v) is 10.7. The van der Waals surface area contributed by atoms with E-state index in [4.69, 9.17) is 0 Å². The molecular weight excluding hydrogens is 304 g/mol. The van der Waals surface area contributed by atoms with Gasteiger partial charge in [-0.25, -0.2) is 0 Å². The molecule has 5 unspecified atom stereocenters. The van der Waals surface area contributed by atoms with E-state index in [2.05, 4.69) is 45.6 Å². The lowest BCUT2D eigenvalue weighted by Crippen LogP contribution is -2.50. The molecule has 0 aromatic rings. The van der Waals surface area contributed by atoms with Crippen molar-refractivity contribution in [2.75, 3.05) is 0 Å². The molecule has 4 aliphatic rings. The molecule has 0 saturated heterocycles. The van der Waals surface area contributed by atoms with Gasteiger partial charge >= 0.3 is 0 Å². The predicted octanol–water partition coefficient (Wildman–Crippen LogP) is 6.05. The number of aliphatic hydroxyl groups is 1. The van der Waals surface area contributed by atoms with Crippen LogP contribution in [0.1, 0.15) is 79.1 Å². The Kier molecular flexibility index (Phi) is 4.33. The van der Waals surface area contributed by atoms with Gasteiger partial charge in [0, 0.05) is 0 Å². The maximum absolute atomic E-state index is 10.1.